The van der Waals surface area contributed by atoms with Gasteiger partial charge in [0, 0.05) is 29.8 Å². The van der Waals surface area contributed by atoms with E-state index in [9.17, 15) is 19.5 Å². The molecule has 5 atom stereocenters. The van der Waals surface area contributed by atoms with Crippen LogP contribution in [-0.4, -0.2) is 63.5 Å². The largest absolute Gasteiger partial charge is 0.494 e. The molecule has 2 unspecified atom stereocenters. The molecule has 0 saturated carbocycles. The summed E-state index contributed by atoms with van der Waals surface area (Å²) in [5, 5.41) is 17.6. The van der Waals surface area contributed by atoms with Gasteiger partial charge in [-0.25, -0.2) is 0 Å². The first kappa shape index (κ1) is 27.6. The average Bonchev–Trinajstić information content (AvgIpc) is 3.62. The van der Waals surface area contributed by atoms with E-state index in [0.29, 0.717) is 43.8 Å². The van der Waals surface area contributed by atoms with E-state index < -0.39 is 22.6 Å². The second kappa shape index (κ2) is 11.4. The first-order chi connectivity index (χ1) is 19.9. The van der Waals surface area contributed by atoms with Crippen LogP contribution in [0.15, 0.2) is 66.7 Å². The number of hydrogen-bond acceptors (Lipinski definition) is 6. The Morgan fingerprint density at radius 2 is 1.73 bits per heavy atom. The molecular weight excluding hydrogens is 538 g/mol. The zero-order chi connectivity index (χ0) is 28.6. The van der Waals surface area contributed by atoms with Crippen LogP contribution in [0.3, 0.4) is 0 Å². The van der Waals surface area contributed by atoms with E-state index in [1.165, 1.54) is 0 Å². The van der Waals surface area contributed by atoms with Crippen LogP contribution in [0.25, 0.3) is 10.8 Å². The van der Waals surface area contributed by atoms with E-state index in [2.05, 4.69) is 10.6 Å². The van der Waals surface area contributed by atoms with E-state index in [1.807, 2.05) is 61.5 Å². The second-order valence-electron chi connectivity index (χ2n) is 11.0. The number of hydrogen-bond donors (Lipinski definition) is 3. The molecule has 9 heteroatoms. The molecule has 0 aliphatic carbocycles. The van der Waals surface area contributed by atoms with Crippen LogP contribution in [0.2, 0.25) is 0 Å². The summed E-state index contributed by atoms with van der Waals surface area (Å²) in [6, 6.07) is 20.3. The fraction of sp³-hybridized carbons (Fsp3) is 0.406. The minimum Gasteiger partial charge on any atom is -0.494 e. The molecule has 3 amide bonds. The Labute approximate surface area is 243 Å². The Kier molecular flexibility index (Phi) is 7.66. The Hall–Kier alpha value is -3.56. The molecular formula is C32H35N3O5S. The summed E-state index contributed by atoms with van der Waals surface area (Å²) in [5.74, 6) is -0.909. The van der Waals surface area contributed by atoms with Crippen molar-refractivity contribution in [2.75, 3.05) is 30.4 Å². The highest BCUT2D eigenvalue weighted by Gasteiger charge is 2.73. The summed E-state index contributed by atoms with van der Waals surface area (Å²) in [6.45, 7) is 2.86. The molecule has 214 valence electrons. The number of aliphatic hydroxyl groups excluding tert-OH is 1. The van der Waals surface area contributed by atoms with Gasteiger partial charge >= 0.3 is 0 Å². The van der Waals surface area contributed by atoms with Gasteiger partial charge in [-0.1, -0.05) is 30.3 Å². The molecule has 8 nitrogen and oxygen atoms in total. The van der Waals surface area contributed by atoms with Crippen molar-refractivity contribution < 1.29 is 24.2 Å². The van der Waals surface area contributed by atoms with Gasteiger partial charge in [-0.15, -0.1) is 11.8 Å². The maximum atomic E-state index is 14.1. The van der Waals surface area contributed by atoms with Crippen molar-refractivity contribution >= 4 is 51.6 Å². The number of nitrogens with zero attached hydrogens (tertiary/aromatic N) is 1. The molecule has 1 spiro atoms. The van der Waals surface area contributed by atoms with Crippen molar-refractivity contribution in [1.29, 1.82) is 0 Å². The van der Waals surface area contributed by atoms with Crippen LogP contribution in [-0.2, 0) is 14.4 Å². The van der Waals surface area contributed by atoms with E-state index >= 15 is 0 Å². The number of rotatable bonds is 10. The minimum absolute atomic E-state index is 0.0223. The number of fused-ring (bicyclic) bond motifs is 2. The number of anilines is 2. The summed E-state index contributed by atoms with van der Waals surface area (Å²) in [5.41, 5.74) is 1.33. The highest BCUT2D eigenvalue weighted by molar-refractivity contribution is 8.02. The van der Waals surface area contributed by atoms with Crippen LogP contribution in [0, 0.1) is 11.8 Å². The number of carbonyl (C=O) groups is 3. The number of benzene rings is 3. The number of carbonyl (C=O) groups excluding carboxylic acids is 3. The lowest BCUT2D eigenvalue weighted by molar-refractivity contribution is -0.138. The Balaban J connectivity index is 1.27. The normalized spacial score (nSPS) is 26.3. The predicted molar refractivity (Wildman–Crippen MR) is 161 cm³/mol. The fourth-order valence-corrected chi connectivity index (χ4v) is 9.11. The van der Waals surface area contributed by atoms with Gasteiger partial charge in [0.25, 0.3) is 0 Å². The second-order valence-corrected chi connectivity index (χ2v) is 12.6. The van der Waals surface area contributed by atoms with Gasteiger partial charge in [-0.3, -0.25) is 14.4 Å². The zero-order valence-electron chi connectivity index (χ0n) is 23.0. The number of amides is 3. The molecule has 3 heterocycles. The third-order valence-electron chi connectivity index (χ3n) is 8.61. The van der Waals surface area contributed by atoms with Gasteiger partial charge in [0.05, 0.1) is 23.2 Å². The van der Waals surface area contributed by atoms with Gasteiger partial charge in [0.1, 0.15) is 11.8 Å². The van der Waals surface area contributed by atoms with E-state index in [1.54, 1.807) is 28.8 Å². The van der Waals surface area contributed by atoms with Crippen molar-refractivity contribution in [2.45, 2.75) is 48.6 Å². The van der Waals surface area contributed by atoms with Crippen LogP contribution < -0.4 is 15.4 Å². The SMILES string of the molecule is CCOc1ccc(NC(=O)[C@@H]2[C@H]3C(=O)N(CCCCO)C(C(=O)Nc4ccc5ccccc5c4)C34CC[C@H]2S4)cc1. The van der Waals surface area contributed by atoms with Gasteiger partial charge in [-0.05, 0) is 79.8 Å². The Morgan fingerprint density at radius 1 is 1.00 bits per heavy atom. The maximum absolute atomic E-state index is 14.1. The van der Waals surface area contributed by atoms with Crippen molar-refractivity contribution in [3.8, 4) is 5.75 Å². The summed E-state index contributed by atoms with van der Waals surface area (Å²) in [4.78, 5) is 43.5. The topological polar surface area (TPSA) is 108 Å². The molecule has 3 aliphatic rings. The van der Waals surface area contributed by atoms with Gasteiger partial charge < -0.3 is 25.4 Å². The third kappa shape index (κ3) is 4.95. The number of thioether (sulfide) groups is 1. The number of ether oxygens (including phenoxy) is 1. The summed E-state index contributed by atoms with van der Waals surface area (Å²) >= 11 is 1.65. The molecule has 2 bridgehead atoms. The highest BCUT2D eigenvalue weighted by Crippen LogP contribution is 2.66. The molecule has 3 aromatic rings. The monoisotopic (exact) mass is 573 g/mol. The van der Waals surface area contributed by atoms with Gasteiger partial charge in [0.2, 0.25) is 17.7 Å². The maximum Gasteiger partial charge on any atom is 0.248 e. The van der Waals surface area contributed by atoms with Crippen molar-refractivity contribution in [3.63, 3.8) is 0 Å². The molecule has 3 aliphatic heterocycles. The standard InChI is InChI=1S/C32H35N3O5S/c1-2-40-24-13-11-22(12-14-24)33-29(37)26-25-15-16-32(41-25)27(26)31(39)35(17-5-6-18-36)28(32)30(38)34-23-10-9-20-7-3-4-8-21(20)19-23/h3-4,7-14,19,25-28,36H,2,5-6,15-18H2,1H3,(H,33,37)(H,34,38)/t25-,26+,27+,28?,32?/m1/s1. The zero-order valence-corrected chi connectivity index (χ0v) is 23.9. The summed E-state index contributed by atoms with van der Waals surface area (Å²) in [6.07, 6.45) is 2.61. The Bertz CT molecular complexity index is 1460. The lowest BCUT2D eigenvalue weighted by Gasteiger charge is -2.34. The van der Waals surface area contributed by atoms with Crippen LogP contribution in [0.5, 0.6) is 5.75 Å². The van der Waals surface area contributed by atoms with Gasteiger partial charge in [0.15, 0.2) is 0 Å². The van der Waals surface area contributed by atoms with Crippen LogP contribution >= 0.6 is 11.8 Å². The molecule has 41 heavy (non-hydrogen) atoms. The minimum atomic E-state index is -0.691. The molecule has 0 aromatic heterocycles. The van der Waals surface area contributed by atoms with Crippen LogP contribution in [0.1, 0.15) is 32.6 Å². The highest BCUT2D eigenvalue weighted by atomic mass is 32.2. The molecule has 0 radical (unpaired) electrons. The summed E-state index contributed by atoms with van der Waals surface area (Å²) < 4.78 is 4.84. The number of aliphatic hydroxyl groups is 1. The molecule has 3 N–H and O–H groups in total. The molecule has 3 fully saturated rings. The lowest BCUT2D eigenvalue weighted by atomic mass is 9.70. The number of likely N-dealkylation sites (tertiary alicyclic amines) is 1. The van der Waals surface area contributed by atoms with E-state index in [-0.39, 0.29) is 29.6 Å². The molecule has 3 aromatic carbocycles. The fourth-order valence-electron chi connectivity index (χ4n) is 6.89. The Morgan fingerprint density at radius 3 is 2.49 bits per heavy atom. The third-order valence-corrected chi connectivity index (χ3v) is 10.6. The van der Waals surface area contributed by atoms with Crippen molar-refractivity contribution in [3.05, 3.63) is 66.7 Å². The van der Waals surface area contributed by atoms with E-state index in [0.717, 1.165) is 22.9 Å². The van der Waals surface area contributed by atoms with Gasteiger partial charge in [-0.2, -0.15) is 0 Å². The summed E-state index contributed by atoms with van der Waals surface area (Å²) in [7, 11) is 0. The average molecular weight is 574 g/mol. The molecule has 3 saturated heterocycles. The number of nitrogens with one attached hydrogen (secondary N) is 2. The quantitative estimate of drug-likeness (QED) is 0.304. The first-order valence-electron chi connectivity index (χ1n) is 14.4. The van der Waals surface area contributed by atoms with Crippen molar-refractivity contribution in [2.24, 2.45) is 11.8 Å². The predicted octanol–water partition coefficient (Wildman–Crippen LogP) is 4.68. The van der Waals surface area contributed by atoms with E-state index in [4.69, 9.17) is 4.74 Å². The molecule has 6 rings (SSSR count). The smallest absolute Gasteiger partial charge is 0.248 e. The number of unbranched alkanes of at least 4 members (excludes halogenated alkanes) is 1. The first-order valence-corrected chi connectivity index (χ1v) is 15.3. The van der Waals surface area contributed by atoms with Crippen LogP contribution in [0.4, 0.5) is 11.4 Å². The lowest BCUT2D eigenvalue weighted by Crippen LogP contribution is -2.51. The van der Waals surface area contributed by atoms with Crippen molar-refractivity contribution in [1.82, 2.24) is 4.90 Å².